The van der Waals surface area contributed by atoms with Crippen molar-refractivity contribution in [1.29, 1.82) is 0 Å². The lowest BCUT2D eigenvalue weighted by Crippen LogP contribution is -2.47. The molecule has 0 aliphatic heterocycles. The van der Waals surface area contributed by atoms with Gasteiger partial charge < -0.3 is 19.1 Å². The Morgan fingerprint density at radius 1 is 0.973 bits per heavy atom. The molecule has 2 aliphatic rings. The third-order valence-electron chi connectivity index (χ3n) is 7.78. The van der Waals surface area contributed by atoms with Gasteiger partial charge in [-0.3, -0.25) is 4.79 Å². The van der Waals surface area contributed by atoms with Crippen molar-refractivity contribution in [2.75, 3.05) is 12.0 Å². The topological polar surface area (TPSA) is 65.1 Å². The third kappa shape index (κ3) is 6.73. The van der Waals surface area contributed by atoms with Crippen LogP contribution in [0.1, 0.15) is 74.2 Å². The van der Waals surface area contributed by atoms with E-state index < -0.39 is 5.97 Å². The SMILES string of the molecule is C=COC1CCC(N(C(=O)C2CCC(C)CC2)c2ccc(OCc3ccccc3)cc2C(=O)OC)CC1. The number of anilines is 1. The van der Waals surface area contributed by atoms with Crippen LogP contribution < -0.4 is 9.64 Å². The largest absolute Gasteiger partial charge is 0.499 e. The smallest absolute Gasteiger partial charge is 0.340 e. The van der Waals surface area contributed by atoms with Crippen LogP contribution in [0.15, 0.2) is 61.4 Å². The monoisotopic (exact) mass is 505 g/mol. The summed E-state index contributed by atoms with van der Waals surface area (Å²) in [6.45, 7) is 6.32. The Bertz CT molecular complexity index is 1050. The number of nitrogens with zero attached hydrogens (tertiary/aromatic N) is 1. The predicted octanol–water partition coefficient (Wildman–Crippen LogP) is 6.68. The number of amides is 1. The van der Waals surface area contributed by atoms with Gasteiger partial charge in [0, 0.05) is 12.0 Å². The molecule has 198 valence electrons. The van der Waals surface area contributed by atoms with Gasteiger partial charge in [-0.15, -0.1) is 0 Å². The number of benzene rings is 2. The summed E-state index contributed by atoms with van der Waals surface area (Å²) in [5.74, 6) is 0.825. The molecule has 0 saturated heterocycles. The lowest BCUT2D eigenvalue weighted by Gasteiger charge is -2.40. The summed E-state index contributed by atoms with van der Waals surface area (Å²) in [7, 11) is 1.37. The average molecular weight is 506 g/mol. The molecule has 0 atom stereocenters. The molecule has 0 aromatic heterocycles. The van der Waals surface area contributed by atoms with Crippen LogP contribution >= 0.6 is 0 Å². The fraction of sp³-hybridized carbons (Fsp3) is 0.484. The predicted molar refractivity (Wildman–Crippen MR) is 144 cm³/mol. The second kappa shape index (κ2) is 12.8. The Morgan fingerprint density at radius 2 is 1.68 bits per heavy atom. The number of hydrogen-bond acceptors (Lipinski definition) is 5. The van der Waals surface area contributed by atoms with Crippen molar-refractivity contribution in [2.45, 2.75) is 77.0 Å². The van der Waals surface area contributed by atoms with Crippen LogP contribution in [0.4, 0.5) is 5.69 Å². The molecule has 2 aliphatic carbocycles. The van der Waals surface area contributed by atoms with E-state index in [2.05, 4.69) is 13.5 Å². The highest BCUT2D eigenvalue weighted by molar-refractivity contribution is 6.04. The van der Waals surface area contributed by atoms with E-state index in [1.165, 1.54) is 13.4 Å². The standard InChI is InChI=1S/C31H39NO5/c1-4-36-26-16-14-25(15-17-26)32(30(33)24-12-10-22(2)11-13-24)29-19-18-27(20-28(29)31(34)35-3)37-21-23-8-6-5-7-9-23/h4-9,18-20,22,24-26H,1,10-17,21H2,2-3H3. The molecule has 4 rings (SSSR count). The zero-order chi connectivity index (χ0) is 26.2. The molecule has 2 aromatic rings. The van der Waals surface area contributed by atoms with Crippen molar-refractivity contribution in [3.05, 3.63) is 72.5 Å². The van der Waals surface area contributed by atoms with Crippen molar-refractivity contribution in [1.82, 2.24) is 0 Å². The minimum atomic E-state index is -0.473. The van der Waals surface area contributed by atoms with E-state index in [9.17, 15) is 9.59 Å². The van der Waals surface area contributed by atoms with Crippen LogP contribution in [0.3, 0.4) is 0 Å². The summed E-state index contributed by atoms with van der Waals surface area (Å²) in [5.41, 5.74) is 2.00. The first-order valence-corrected chi connectivity index (χ1v) is 13.5. The van der Waals surface area contributed by atoms with E-state index in [1.54, 1.807) is 6.07 Å². The molecule has 0 heterocycles. The number of hydrogen-bond donors (Lipinski definition) is 0. The molecular formula is C31H39NO5. The molecule has 0 spiro atoms. The Morgan fingerprint density at radius 3 is 2.32 bits per heavy atom. The van der Waals surface area contributed by atoms with Gasteiger partial charge in [-0.05, 0) is 81.0 Å². The highest BCUT2D eigenvalue weighted by atomic mass is 16.5. The number of methoxy groups -OCH3 is 1. The van der Waals surface area contributed by atoms with Crippen molar-refractivity contribution >= 4 is 17.6 Å². The number of rotatable bonds is 9. The van der Waals surface area contributed by atoms with Gasteiger partial charge in [0.05, 0.1) is 30.7 Å². The van der Waals surface area contributed by atoms with Crippen LogP contribution in [-0.4, -0.2) is 31.1 Å². The van der Waals surface area contributed by atoms with Gasteiger partial charge in [0.15, 0.2) is 0 Å². The van der Waals surface area contributed by atoms with E-state index >= 15 is 0 Å². The molecule has 0 unspecified atom stereocenters. The first-order chi connectivity index (χ1) is 18.0. The molecule has 37 heavy (non-hydrogen) atoms. The van der Waals surface area contributed by atoms with Crippen molar-refractivity contribution in [3.8, 4) is 5.75 Å². The van der Waals surface area contributed by atoms with Gasteiger partial charge >= 0.3 is 5.97 Å². The minimum absolute atomic E-state index is 0.00370. The molecule has 6 nitrogen and oxygen atoms in total. The molecule has 0 bridgehead atoms. The lowest BCUT2D eigenvalue weighted by molar-refractivity contribution is -0.124. The molecule has 1 amide bonds. The maximum atomic E-state index is 14.1. The highest BCUT2D eigenvalue weighted by Crippen LogP contribution is 2.37. The normalized spacial score (nSPS) is 23.5. The number of carbonyl (C=O) groups is 2. The first-order valence-electron chi connectivity index (χ1n) is 13.5. The number of ether oxygens (including phenoxy) is 3. The summed E-state index contributed by atoms with van der Waals surface area (Å²) in [6.07, 6.45) is 8.80. The fourth-order valence-electron chi connectivity index (χ4n) is 5.60. The summed E-state index contributed by atoms with van der Waals surface area (Å²) in [6, 6.07) is 15.3. The second-order valence-corrected chi connectivity index (χ2v) is 10.3. The lowest BCUT2D eigenvalue weighted by atomic mass is 9.81. The van der Waals surface area contributed by atoms with E-state index in [4.69, 9.17) is 14.2 Å². The summed E-state index contributed by atoms with van der Waals surface area (Å²) >= 11 is 0. The number of esters is 1. The van der Waals surface area contributed by atoms with Crippen LogP contribution in [0.5, 0.6) is 5.75 Å². The molecule has 6 heteroatoms. The Hall–Kier alpha value is -3.28. The maximum absolute atomic E-state index is 14.1. The van der Waals surface area contributed by atoms with Crippen molar-refractivity contribution in [2.24, 2.45) is 11.8 Å². The van der Waals surface area contributed by atoms with Gasteiger partial charge in [-0.1, -0.05) is 43.8 Å². The summed E-state index contributed by atoms with van der Waals surface area (Å²) < 4.78 is 16.8. The molecule has 0 radical (unpaired) electrons. The quantitative estimate of drug-likeness (QED) is 0.281. The zero-order valence-electron chi connectivity index (χ0n) is 22.1. The van der Waals surface area contributed by atoms with Gasteiger partial charge in [0.2, 0.25) is 5.91 Å². The molecule has 2 saturated carbocycles. The zero-order valence-corrected chi connectivity index (χ0v) is 22.1. The Balaban J connectivity index is 1.63. The van der Waals surface area contributed by atoms with Gasteiger partial charge in [0.25, 0.3) is 0 Å². The van der Waals surface area contributed by atoms with Crippen LogP contribution in [0, 0.1) is 11.8 Å². The summed E-state index contributed by atoms with van der Waals surface area (Å²) in [5, 5.41) is 0. The molecule has 2 fully saturated rings. The fourth-order valence-corrected chi connectivity index (χ4v) is 5.60. The first kappa shape index (κ1) is 26.8. The van der Waals surface area contributed by atoms with Gasteiger partial charge in [-0.2, -0.15) is 0 Å². The van der Waals surface area contributed by atoms with E-state index in [0.717, 1.165) is 56.9 Å². The average Bonchev–Trinajstić information content (AvgIpc) is 2.94. The third-order valence-corrected chi connectivity index (χ3v) is 7.78. The second-order valence-electron chi connectivity index (χ2n) is 10.3. The minimum Gasteiger partial charge on any atom is -0.499 e. The van der Waals surface area contributed by atoms with Crippen molar-refractivity contribution < 1.29 is 23.8 Å². The Labute approximate surface area is 220 Å². The van der Waals surface area contributed by atoms with Crippen molar-refractivity contribution in [3.63, 3.8) is 0 Å². The maximum Gasteiger partial charge on any atom is 0.340 e. The Kier molecular flexibility index (Phi) is 9.26. The van der Waals surface area contributed by atoms with Crippen LogP contribution in [-0.2, 0) is 20.9 Å². The van der Waals surface area contributed by atoms with E-state index in [-0.39, 0.29) is 24.0 Å². The molecule has 0 N–H and O–H groups in total. The van der Waals surface area contributed by atoms with Gasteiger partial charge in [0.1, 0.15) is 12.4 Å². The van der Waals surface area contributed by atoms with Gasteiger partial charge in [-0.25, -0.2) is 4.79 Å². The van der Waals surface area contributed by atoms with E-state index in [1.807, 2.05) is 47.4 Å². The van der Waals surface area contributed by atoms with Crippen LogP contribution in [0.25, 0.3) is 0 Å². The molecular weight excluding hydrogens is 466 g/mol. The van der Waals surface area contributed by atoms with E-state index in [0.29, 0.717) is 29.5 Å². The highest BCUT2D eigenvalue weighted by Gasteiger charge is 2.37. The number of carbonyl (C=O) groups excluding carboxylic acids is 2. The van der Waals surface area contributed by atoms with Crippen LogP contribution in [0.2, 0.25) is 0 Å². The summed E-state index contributed by atoms with van der Waals surface area (Å²) in [4.78, 5) is 28.9. The molecule has 2 aromatic carbocycles.